The smallest absolute Gasteiger partial charge is 0.226 e. The highest BCUT2D eigenvalue weighted by atomic mass is 16.5. The molecule has 0 bridgehead atoms. The largest absolute Gasteiger partial charge is 0.496 e. The van der Waals surface area contributed by atoms with Crippen LogP contribution in [0.25, 0.3) is 0 Å². The number of para-hydroxylation sites is 1. The monoisotopic (exact) mass is 325 g/mol. The highest BCUT2D eigenvalue weighted by Crippen LogP contribution is 2.26. The van der Waals surface area contributed by atoms with Gasteiger partial charge in [0.15, 0.2) is 0 Å². The molecule has 0 aromatic heterocycles. The second kappa shape index (κ2) is 7.47. The van der Waals surface area contributed by atoms with Crippen molar-refractivity contribution in [1.82, 2.24) is 16.2 Å². The van der Waals surface area contributed by atoms with Crippen LogP contribution in [-0.2, 0) is 11.3 Å². The molecule has 2 aromatic rings. The zero-order chi connectivity index (χ0) is 16.9. The molecule has 1 heterocycles. The van der Waals surface area contributed by atoms with Crippen molar-refractivity contribution in [3.63, 3.8) is 0 Å². The van der Waals surface area contributed by atoms with Crippen LogP contribution in [-0.4, -0.2) is 19.6 Å². The van der Waals surface area contributed by atoms with Crippen LogP contribution in [0, 0.1) is 12.8 Å². The van der Waals surface area contributed by atoms with Gasteiger partial charge in [-0.3, -0.25) is 10.2 Å². The number of hydrogen-bond donors (Lipinski definition) is 3. The van der Waals surface area contributed by atoms with Crippen LogP contribution in [0.3, 0.4) is 0 Å². The van der Waals surface area contributed by atoms with Crippen LogP contribution in [0.15, 0.2) is 48.5 Å². The molecule has 1 amide bonds. The van der Waals surface area contributed by atoms with Gasteiger partial charge in [-0.1, -0.05) is 48.0 Å². The third-order valence-electron chi connectivity index (χ3n) is 4.37. The SMILES string of the molecule is COc1ccccc1CNC(=O)C1CNNC1c1cccc(C)c1. The summed E-state index contributed by atoms with van der Waals surface area (Å²) >= 11 is 0. The Hall–Kier alpha value is -2.37. The van der Waals surface area contributed by atoms with E-state index in [4.69, 9.17) is 4.74 Å². The summed E-state index contributed by atoms with van der Waals surface area (Å²) in [5.74, 6) is 0.669. The summed E-state index contributed by atoms with van der Waals surface area (Å²) in [4.78, 5) is 12.7. The van der Waals surface area contributed by atoms with E-state index in [2.05, 4.69) is 41.3 Å². The molecule has 2 aromatic carbocycles. The predicted octanol–water partition coefficient (Wildman–Crippen LogP) is 2.09. The van der Waals surface area contributed by atoms with Crippen LogP contribution < -0.4 is 20.9 Å². The first-order valence-corrected chi connectivity index (χ1v) is 8.13. The fourth-order valence-electron chi connectivity index (χ4n) is 3.08. The van der Waals surface area contributed by atoms with Crippen molar-refractivity contribution in [3.8, 4) is 5.75 Å². The summed E-state index contributed by atoms with van der Waals surface area (Å²) in [7, 11) is 1.64. The Balaban J connectivity index is 1.68. The van der Waals surface area contributed by atoms with Gasteiger partial charge in [0.1, 0.15) is 5.75 Å². The zero-order valence-electron chi connectivity index (χ0n) is 14.0. The second-order valence-corrected chi connectivity index (χ2v) is 6.05. The Labute approximate surface area is 142 Å². The maximum absolute atomic E-state index is 12.7. The minimum absolute atomic E-state index is 0.0254. The first-order chi connectivity index (χ1) is 11.7. The number of methoxy groups -OCH3 is 1. The van der Waals surface area contributed by atoms with Crippen molar-refractivity contribution < 1.29 is 9.53 Å². The van der Waals surface area contributed by atoms with Crippen molar-refractivity contribution in [2.75, 3.05) is 13.7 Å². The Morgan fingerprint density at radius 3 is 2.88 bits per heavy atom. The molecule has 2 atom stereocenters. The highest BCUT2D eigenvalue weighted by Gasteiger charge is 2.33. The van der Waals surface area contributed by atoms with Crippen LogP contribution in [0.5, 0.6) is 5.75 Å². The maximum Gasteiger partial charge on any atom is 0.226 e. The van der Waals surface area contributed by atoms with E-state index in [9.17, 15) is 4.79 Å². The van der Waals surface area contributed by atoms with E-state index in [0.29, 0.717) is 13.1 Å². The predicted molar refractivity (Wildman–Crippen MR) is 93.4 cm³/mol. The lowest BCUT2D eigenvalue weighted by molar-refractivity contribution is -0.125. The van der Waals surface area contributed by atoms with Gasteiger partial charge < -0.3 is 10.1 Å². The van der Waals surface area contributed by atoms with Gasteiger partial charge in [0, 0.05) is 18.7 Å². The molecule has 1 aliphatic heterocycles. The molecule has 1 saturated heterocycles. The highest BCUT2D eigenvalue weighted by molar-refractivity contribution is 5.80. The molecule has 0 spiro atoms. The number of ether oxygens (including phenoxy) is 1. The lowest BCUT2D eigenvalue weighted by Gasteiger charge is -2.19. The number of hydrogen-bond acceptors (Lipinski definition) is 4. The number of nitrogens with one attached hydrogen (secondary N) is 3. The Morgan fingerprint density at radius 1 is 1.25 bits per heavy atom. The summed E-state index contributed by atoms with van der Waals surface area (Å²) in [6.45, 7) is 3.12. The van der Waals surface area contributed by atoms with Gasteiger partial charge in [0.25, 0.3) is 0 Å². The van der Waals surface area contributed by atoms with E-state index in [1.807, 2.05) is 30.3 Å². The zero-order valence-corrected chi connectivity index (χ0v) is 14.0. The van der Waals surface area contributed by atoms with Gasteiger partial charge in [0.05, 0.1) is 19.1 Å². The van der Waals surface area contributed by atoms with Crippen LogP contribution in [0.2, 0.25) is 0 Å². The number of carbonyl (C=O) groups is 1. The van der Waals surface area contributed by atoms with E-state index >= 15 is 0 Å². The first kappa shape index (κ1) is 16.5. The van der Waals surface area contributed by atoms with Crippen molar-refractivity contribution in [3.05, 3.63) is 65.2 Å². The van der Waals surface area contributed by atoms with Crippen molar-refractivity contribution in [1.29, 1.82) is 0 Å². The Bertz CT molecular complexity index is 717. The fraction of sp³-hybridized carbons (Fsp3) is 0.316. The van der Waals surface area contributed by atoms with Crippen molar-refractivity contribution >= 4 is 5.91 Å². The van der Waals surface area contributed by atoms with Crippen molar-refractivity contribution in [2.45, 2.75) is 19.5 Å². The van der Waals surface area contributed by atoms with Crippen molar-refractivity contribution in [2.24, 2.45) is 5.92 Å². The summed E-state index contributed by atoms with van der Waals surface area (Å²) < 4.78 is 5.33. The van der Waals surface area contributed by atoms with Gasteiger partial charge in [-0.15, -0.1) is 0 Å². The number of aryl methyl sites for hydroxylation is 1. The molecule has 1 fully saturated rings. The molecular weight excluding hydrogens is 302 g/mol. The molecule has 5 heteroatoms. The van der Waals surface area contributed by atoms with E-state index in [1.165, 1.54) is 5.56 Å². The van der Waals surface area contributed by atoms with Gasteiger partial charge in [-0.25, -0.2) is 5.43 Å². The molecule has 0 aliphatic carbocycles. The number of hydrazine groups is 1. The lowest BCUT2D eigenvalue weighted by atomic mass is 9.93. The molecule has 0 radical (unpaired) electrons. The molecular formula is C19H23N3O2. The summed E-state index contributed by atoms with van der Waals surface area (Å²) in [5, 5.41) is 3.03. The van der Waals surface area contributed by atoms with Gasteiger partial charge >= 0.3 is 0 Å². The lowest BCUT2D eigenvalue weighted by Crippen LogP contribution is -2.34. The topological polar surface area (TPSA) is 62.4 Å². The standard InChI is InChI=1S/C19H23N3O2/c1-13-6-5-8-14(10-13)18-16(12-21-22-18)19(23)20-11-15-7-3-4-9-17(15)24-2/h3-10,16,18,21-22H,11-12H2,1-2H3,(H,20,23). The molecule has 3 N–H and O–H groups in total. The van der Waals surface area contributed by atoms with E-state index in [1.54, 1.807) is 7.11 Å². The van der Waals surface area contributed by atoms with Gasteiger partial charge in [-0.05, 0) is 18.6 Å². The first-order valence-electron chi connectivity index (χ1n) is 8.13. The van der Waals surface area contributed by atoms with E-state index in [-0.39, 0.29) is 17.9 Å². The Kier molecular flexibility index (Phi) is 5.13. The average molecular weight is 325 g/mol. The number of carbonyl (C=O) groups excluding carboxylic acids is 1. The maximum atomic E-state index is 12.7. The van der Waals surface area contributed by atoms with Gasteiger partial charge in [0.2, 0.25) is 5.91 Å². The Morgan fingerprint density at radius 2 is 2.08 bits per heavy atom. The van der Waals surface area contributed by atoms with E-state index in [0.717, 1.165) is 16.9 Å². The number of amides is 1. The minimum Gasteiger partial charge on any atom is -0.496 e. The third kappa shape index (κ3) is 3.58. The van der Waals surface area contributed by atoms with Crippen LogP contribution >= 0.6 is 0 Å². The summed E-state index contributed by atoms with van der Waals surface area (Å²) in [6.07, 6.45) is 0. The van der Waals surface area contributed by atoms with Gasteiger partial charge in [-0.2, -0.15) is 0 Å². The molecule has 126 valence electrons. The molecule has 0 saturated carbocycles. The quantitative estimate of drug-likeness (QED) is 0.788. The average Bonchev–Trinajstić information content (AvgIpc) is 3.09. The fourth-order valence-corrected chi connectivity index (χ4v) is 3.08. The molecule has 24 heavy (non-hydrogen) atoms. The van der Waals surface area contributed by atoms with Crippen LogP contribution in [0.1, 0.15) is 22.7 Å². The molecule has 2 unspecified atom stereocenters. The minimum atomic E-state index is -0.151. The van der Waals surface area contributed by atoms with E-state index < -0.39 is 0 Å². The normalized spacial score (nSPS) is 19.9. The molecule has 1 aliphatic rings. The summed E-state index contributed by atoms with van der Waals surface area (Å²) in [5.41, 5.74) is 9.61. The third-order valence-corrected chi connectivity index (χ3v) is 4.37. The molecule has 3 rings (SSSR count). The second-order valence-electron chi connectivity index (χ2n) is 6.05. The van der Waals surface area contributed by atoms with Crippen LogP contribution in [0.4, 0.5) is 0 Å². The number of benzene rings is 2. The summed E-state index contributed by atoms with van der Waals surface area (Å²) in [6, 6.07) is 15.9. The molecule has 5 nitrogen and oxygen atoms in total. The number of rotatable bonds is 5.